The van der Waals surface area contributed by atoms with Gasteiger partial charge in [-0.1, -0.05) is 0 Å². The molecule has 0 amide bonds. The van der Waals surface area contributed by atoms with Gasteiger partial charge in [0.1, 0.15) is 30.2 Å². The standard InChI is InChI=1S/C15H21NO6/c1-16-9-4-6-10(7-5-9)21-15-14(20-3)13(18)12(17)11(22-15)8-19-2/h4-7,11-15,17-18H,1,8H2,2-3H3/t11-,12+,13+,14-,15-/m1/s1. The molecule has 1 saturated heterocycles. The van der Waals surface area contributed by atoms with Crippen LogP contribution < -0.4 is 4.74 Å². The van der Waals surface area contributed by atoms with Crippen LogP contribution in [-0.4, -0.2) is 68.5 Å². The molecule has 7 heteroatoms. The van der Waals surface area contributed by atoms with E-state index in [4.69, 9.17) is 18.9 Å². The number of ether oxygens (including phenoxy) is 4. The van der Waals surface area contributed by atoms with Gasteiger partial charge in [0.15, 0.2) is 0 Å². The van der Waals surface area contributed by atoms with Gasteiger partial charge in [0, 0.05) is 14.2 Å². The van der Waals surface area contributed by atoms with E-state index in [9.17, 15) is 10.2 Å². The van der Waals surface area contributed by atoms with E-state index in [1.165, 1.54) is 14.2 Å². The molecule has 0 radical (unpaired) electrons. The quantitative estimate of drug-likeness (QED) is 0.744. The molecular formula is C15H21NO6. The summed E-state index contributed by atoms with van der Waals surface area (Å²) in [5, 5.41) is 20.2. The molecule has 1 heterocycles. The van der Waals surface area contributed by atoms with Crippen LogP contribution in [0.2, 0.25) is 0 Å². The van der Waals surface area contributed by atoms with E-state index in [-0.39, 0.29) is 6.61 Å². The van der Waals surface area contributed by atoms with Crippen LogP contribution in [0.4, 0.5) is 5.69 Å². The zero-order valence-electron chi connectivity index (χ0n) is 12.6. The lowest BCUT2D eigenvalue weighted by molar-refractivity contribution is -0.284. The fraction of sp³-hybridized carbons (Fsp3) is 0.533. The van der Waals surface area contributed by atoms with Crippen LogP contribution in [0.25, 0.3) is 0 Å². The number of aliphatic hydroxyl groups excluding tert-OH is 2. The maximum atomic E-state index is 10.2. The molecule has 0 bridgehead atoms. The largest absolute Gasteiger partial charge is 0.462 e. The van der Waals surface area contributed by atoms with Crippen LogP contribution in [0.1, 0.15) is 0 Å². The molecule has 0 aromatic heterocycles. The zero-order valence-corrected chi connectivity index (χ0v) is 12.6. The number of benzene rings is 1. The molecule has 0 spiro atoms. The second-order valence-electron chi connectivity index (χ2n) is 4.95. The Hall–Kier alpha value is -1.51. The van der Waals surface area contributed by atoms with E-state index < -0.39 is 30.7 Å². The van der Waals surface area contributed by atoms with Crippen LogP contribution in [0.5, 0.6) is 5.75 Å². The summed E-state index contributed by atoms with van der Waals surface area (Å²) in [6.07, 6.45) is -4.65. The SMILES string of the molecule is C=Nc1ccc(O[C@@H]2O[C@H](COC)[C@H](O)[C@H](O)[C@H]2OC)cc1. The third-order valence-corrected chi connectivity index (χ3v) is 3.52. The molecule has 5 atom stereocenters. The molecule has 22 heavy (non-hydrogen) atoms. The van der Waals surface area contributed by atoms with Crippen molar-refractivity contribution < 1.29 is 29.2 Å². The Morgan fingerprint density at radius 2 is 1.86 bits per heavy atom. The van der Waals surface area contributed by atoms with Gasteiger partial charge in [-0.3, -0.25) is 4.99 Å². The van der Waals surface area contributed by atoms with Gasteiger partial charge in [-0.2, -0.15) is 0 Å². The molecule has 0 unspecified atom stereocenters. The maximum Gasteiger partial charge on any atom is 0.229 e. The van der Waals surface area contributed by atoms with Crippen molar-refractivity contribution in [3.05, 3.63) is 24.3 Å². The molecule has 1 fully saturated rings. The summed E-state index contributed by atoms with van der Waals surface area (Å²) in [6, 6.07) is 6.90. The van der Waals surface area contributed by atoms with Crippen LogP contribution in [0.15, 0.2) is 29.3 Å². The minimum Gasteiger partial charge on any atom is -0.462 e. The lowest BCUT2D eigenvalue weighted by atomic mass is 9.99. The summed E-state index contributed by atoms with van der Waals surface area (Å²) >= 11 is 0. The molecule has 2 N–H and O–H groups in total. The fourth-order valence-corrected chi connectivity index (χ4v) is 2.32. The Balaban J connectivity index is 2.12. The Bertz CT molecular complexity index is 477. The molecule has 7 nitrogen and oxygen atoms in total. The van der Waals surface area contributed by atoms with Crippen molar-refractivity contribution in [1.29, 1.82) is 0 Å². The van der Waals surface area contributed by atoms with Crippen molar-refractivity contribution in [2.45, 2.75) is 30.7 Å². The monoisotopic (exact) mass is 311 g/mol. The van der Waals surface area contributed by atoms with Gasteiger partial charge in [-0.15, -0.1) is 0 Å². The maximum absolute atomic E-state index is 10.2. The van der Waals surface area contributed by atoms with E-state index in [2.05, 4.69) is 11.7 Å². The van der Waals surface area contributed by atoms with E-state index in [0.29, 0.717) is 11.4 Å². The highest BCUT2D eigenvalue weighted by atomic mass is 16.7. The zero-order chi connectivity index (χ0) is 16.1. The normalized spacial score (nSPS) is 31.7. The number of aliphatic hydroxyl groups is 2. The van der Waals surface area contributed by atoms with Crippen LogP contribution >= 0.6 is 0 Å². The van der Waals surface area contributed by atoms with Gasteiger partial charge in [0.2, 0.25) is 6.29 Å². The number of methoxy groups -OCH3 is 2. The van der Waals surface area contributed by atoms with E-state index in [1.807, 2.05) is 0 Å². The second-order valence-corrected chi connectivity index (χ2v) is 4.95. The van der Waals surface area contributed by atoms with Crippen molar-refractivity contribution in [2.75, 3.05) is 20.8 Å². The third kappa shape index (κ3) is 3.63. The summed E-state index contributed by atoms with van der Waals surface area (Å²) < 4.78 is 21.6. The summed E-state index contributed by atoms with van der Waals surface area (Å²) in [5.74, 6) is 0.527. The number of hydrogen-bond acceptors (Lipinski definition) is 7. The lowest BCUT2D eigenvalue weighted by Crippen LogP contribution is -2.60. The molecule has 1 aliphatic rings. The molecular weight excluding hydrogens is 290 g/mol. The second kappa shape index (κ2) is 7.66. The van der Waals surface area contributed by atoms with E-state index in [0.717, 1.165) is 0 Å². The Morgan fingerprint density at radius 3 is 2.41 bits per heavy atom. The molecule has 0 saturated carbocycles. The predicted molar refractivity (Wildman–Crippen MR) is 79.6 cm³/mol. The topological polar surface area (TPSA) is 89.7 Å². The van der Waals surface area contributed by atoms with E-state index in [1.54, 1.807) is 24.3 Å². The average molecular weight is 311 g/mol. The van der Waals surface area contributed by atoms with Gasteiger partial charge in [0.05, 0.1) is 12.3 Å². The third-order valence-electron chi connectivity index (χ3n) is 3.52. The number of nitrogens with zero attached hydrogens (tertiary/aromatic N) is 1. The average Bonchev–Trinajstić information content (AvgIpc) is 2.53. The Kier molecular flexibility index (Phi) is 5.87. The Labute approximate surface area is 129 Å². The molecule has 0 aliphatic carbocycles. The first-order valence-corrected chi connectivity index (χ1v) is 6.87. The van der Waals surface area contributed by atoms with E-state index >= 15 is 0 Å². The molecule has 1 aromatic rings. The van der Waals surface area contributed by atoms with Crippen LogP contribution in [-0.2, 0) is 14.2 Å². The number of aliphatic imine (C=N–C) groups is 1. The van der Waals surface area contributed by atoms with Gasteiger partial charge < -0.3 is 29.2 Å². The van der Waals surface area contributed by atoms with Gasteiger partial charge in [-0.25, -0.2) is 0 Å². The molecule has 1 aliphatic heterocycles. The molecule has 2 rings (SSSR count). The first kappa shape index (κ1) is 16.9. The summed E-state index contributed by atoms with van der Waals surface area (Å²) in [5.41, 5.74) is 0.716. The molecule has 1 aromatic carbocycles. The summed E-state index contributed by atoms with van der Waals surface area (Å²) in [6.45, 7) is 3.57. The van der Waals surface area contributed by atoms with Crippen LogP contribution in [0, 0.1) is 0 Å². The highest BCUT2D eigenvalue weighted by Crippen LogP contribution is 2.27. The summed E-state index contributed by atoms with van der Waals surface area (Å²) in [7, 11) is 2.91. The smallest absolute Gasteiger partial charge is 0.229 e. The minimum atomic E-state index is -1.14. The van der Waals surface area contributed by atoms with Crippen molar-refractivity contribution in [1.82, 2.24) is 0 Å². The molecule has 122 valence electrons. The van der Waals surface area contributed by atoms with Crippen molar-refractivity contribution >= 4 is 12.4 Å². The van der Waals surface area contributed by atoms with Crippen molar-refractivity contribution in [2.24, 2.45) is 4.99 Å². The first-order chi connectivity index (χ1) is 10.6. The minimum absolute atomic E-state index is 0.133. The van der Waals surface area contributed by atoms with Gasteiger partial charge in [0.25, 0.3) is 0 Å². The van der Waals surface area contributed by atoms with Crippen molar-refractivity contribution in [3.63, 3.8) is 0 Å². The predicted octanol–water partition coefficient (Wildman–Crippen LogP) is 0.506. The number of rotatable bonds is 6. The lowest BCUT2D eigenvalue weighted by Gasteiger charge is -2.41. The van der Waals surface area contributed by atoms with Gasteiger partial charge >= 0.3 is 0 Å². The first-order valence-electron chi connectivity index (χ1n) is 6.87. The van der Waals surface area contributed by atoms with Gasteiger partial charge in [-0.05, 0) is 31.0 Å². The highest BCUT2D eigenvalue weighted by Gasteiger charge is 2.46. The highest BCUT2D eigenvalue weighted by molar-refractivity contribution is 5.47. The van der Waals surface area contributed by atoms with Crippen molar-refractivity contribution in [3.8, 4) is 5.75 Å². The van der Waals surface area contributed by atoms with Crippen LogP contribution in [0.3, 0.4) is 0 Å². The fourth-order valence-electron chi connectivity index (χ4n) is 2.32. The number of hydrogen-bond donors (Lipinski definition) is 2. The summed E-state index contributed by atoms with van der Waals surface area (Å²) in [4.78, 5) is 3.80. The Morgan fingerprint density at radius 1 is 1.18 bits per heavy atom.